The first kappa shape index (κ1) is 11.3. The van der Waals surface area contributed by atoms with Gasteiger partial charge in [0.05, 0.1) is 5.69 Å². The highest BCUT2D eigenvalue weighted by atomic mass is 16.6. The van der Waals surface area contributed by atoms with Crippen molar-refractivity contribution in [2.75, 3.05) is 11.5 Å². The summed E-state index contributed by atoms with van der Waals surface area (Å²) in [5.41, 5.74) is -1.16. The molecule has 1 aliphatic rings. The molecule has 1 aromatic rings. The number of hydrogen-bond acceptors (Lipinski definition) is 4. The second-order valence-corrected chi connectivity index (χ2v) is 3.99. The average Bonchev–Trinajstić information content (AvgIpc) is 2.56. The lowest BCUT2D eigenvalue weighted by Crippen LogP contribution is -2.51. The first-order valence-electron chi connectivity index (χ1n) is 4.94. The number of anilines is 1. The Morgan fingerprint density at radius 2 is 2.24 bits per heavy atom. The van der Waals surface area contributed by atoms with E-state index in [0.29, 0.717) is 0 Å². The largest absolute Gasteiger partial charge is 0.508 e. The predicted molar refractivity (Wildman–Crippen MR) is 58.0 cm³/mol. The fraction of sp³-hybridized carbons (Fsp3) is 0.273. The van der Waals surface area contributed by atoms with Gasteiger partial charge in [0.2, 0.25) is 0 Å². The molecule has 0 bridgehead atoms. The molecule has 0 aromatic heterocycles. The van der Waals surface area contributed by atoms with Gasteiger partial charge in [-0.1, -0.05) is 6.07 Å². The second-order valence-electron chi connectivity index (χ2n) is 3.99. The molecule has 1 aromatic carbocycles. The molecule has 1 saturated heterocycles. The smallest absolute Gasteiger partial charge is 0.415 e. The Balaban J connectivity index is 2.48. The molecule has 0 aliphatic carbocycles. The van der Waals surface area contributed by atoms with E-state index in [9.17, 15) is 14.7 Å². The topological polar surface area (TPSA) is 87.1 Å². The molecule has 1 amide bonds. The van der Waals surface area contributed by atoms with E-state index in [1.807, 2.05) is 0 Å². The maximum absolute atomic E-state index is 11.6. The van der Waals surface area contributed by atoms with Crippen LogP contribution in [0.3, 0.4) is 0 Å². The Morgan fingerprint density at radius 1 is 1.53 bits per heavy atom. The van der Waals surface area contributed by atoms with E-state index in [2.05, 4.69) is 0 Å². The highest BCUT2D eigenvalue weighted by Gasteiger charge is 2.50. The first-order chi connectivity index (χ1) is 7.95. The van der Waals surface area contributed by atoms with Crippen LogP contribution in [-0.2, 0) is 9.53 Å². The van der Waals surface area contributed by atoms with Gasteiger partial charge in [0, 0.05) is 6.07 Å². The Kier molecular flexibility index (Phi) is 2.42. The summed E-state index contributed by atoms with van der Waals surface area (Å²) in [6.45, 7) is 1.17. The summed E-state index contributed by atoms with van der Waals surface area (Å²) in [5.74, 6) is -1.21. The minimum absolute atomic E-state index is 0.0464. The molecule has 0 saturated carbocycles. The van der Waals surface area contributed by atoms with Crippen molar-refractivity contribution < 1.29 is 24.5 Å². The zero-order chi connectivity index (χ0) is 12.6. The molecule has 1 unspecified atom stereocenters. The van der Waals surface area contributed by atoms with Crippen molar-refractivity contribution in [2.45, 2.75) is 12.5 Å². The van der Waals surface area contributed by atoms with Gasteiger partial charge < -0.3 is 14.9 Å². The van der Waals surface area contributed by atoms with Crippen LogP contribution in [0.2, 0.25) is 0 Å². The third-order valence-corrected chi connectivity index (χ3v) is 2.70. The molecule has 1 aliphatic heterocycles. The SMILES string of the molecule is CC1(C(=O)O)COC(=O)N1c1cccc(O)c1. The minimum Gasteiger partial charge on any atom is -0.508 e. The van der Waals surface area contributed by atoms with Crippen LogP contribution in [0.4, 0.5) is 10.5 Å². The highest BCUT2D eigenvalue weighted by Crippen LogP contribution is 2.32. The monoisotopic (exact) mass is 237 g/mol. The number of nitrogens with zero attached hydrogens (tertiary/aromatic N) is 1. The molecule has 2 N–H and O–H groups in total. The molecule has 90 valence electrons. The Morgan fingerprint density at radius 3 is 2.82 bits per heavy atom. The van der Waals surface area contributed by atoms with Crippen molar-refractivity contribution in [1.29, 1.82) is 0 Å². The summed E-state index contributed by atoms with van der Waals surface area (Å²) in [4.78, 5) is 23.8. The average molecular weight is 237 g/mol. The number of aromatic hydroxyl groups is 1. The van der Waals surface area contributed by atoms with Gasteiger partial charge in [-0.3, -0.25) is 4.90 Å². The van der Waals surface area contributed by atoms with E-state index in [1.54, 1.807) is 0 Å². The van der Waals surface area contributed by atoms with Gasteiger partial charge in [-0.15, -0.1) is 0 Å². The lowest BCUT2D eigenvalue weighted by atomic mass is 10.0. The molecular formula is C11H11NO5. The summed E-state index contributed by atoms with van der Waals surface area (Å²) in [6, 6.07) is 5.81. The van der Waals surface area contributed by atoms with Gasteiger partial charge in [-0.2, -0.15) is 0 Å². The summed E-state index contributed by atoms with van der Waals surface area (Å²) < 4.78 is 4.76. The quantitative estimate of drug-likeness (QED) is 0.806. The Hall–Kier alpha value is -2.24. The summed E-state index contributed by atoms with van der Waals surface area (Å²) in [5, 5.41) is 18.5. The zero-order valence-electron chi connectivity index (χ0n) is 9.08. The zero-order valence-corrected chi connectivity index (χ0v) is 9.08. The predicted octanol–water partition coefficient (Wildman–Crippen LogP) is 1.19. The normalized spacial score (nSPS) is 23.6. The Labute approximate surface area is 97.0 Å². The molecule has 1 heterocycles. The number of cyclic esters (lactones) is 1. The van der Waals surface area contributed by atoms with Crippen molar-refractivity contribution >= 4 is 17.7 Å². The van der Waals surface area contributed by atoms with Crippen LogP contribution >= 0.6 is 0 Å². The van der Waals surface area contributed by atoms with E-state index < -0.39 is 17.6 Å². The molecule has 1 atom stereocenters. The lowest BCUT2D eigenvalue weighted by Gasteiger charge is -2.27. The number of carboxylic acid groups (broad SMARTS) is 1. The van der Waals surface area contributed by atoms with Crippen LogP contribution in [0.5, 0.6) is 5.75 Å². The van der Waals surface area contributed by atoms with E-state index in [0.717, 1.165) is 4.90 Å². The number of ether oxygens (including phenoxy) is 1. The molecule has 6 heteroatoms. The third-order valence-electron chi connectivity index (χ3n) is 2.70. The summed E-state index contributed by atoms with van der Waals surface area (Å²) >= 11 is 0. The number of carbonyl (C=O) groups excluding carboxylic acids is 1. The van der Waals surface area contributed by atoms with Crippen molar-refractivity contribution in [3.05, 3.63) is 24.3 Å². The van der Waals surface area contributed by atoms with Crippen molar-refractivity contribution in [3.63, 3.8) is 0 Å². The summed E-state index contributed by atoms with van der Waals surface area (Å²) in [7, 11) is 0. The fourth-order valence-electron chi connectivity index (χ4n) is 1.71. The molecule has 17 heavy (non-hydrogen) atoms. The van der Waals surface area contributed by atoms with Gasteiger partial charge >= 0.3 is 12.1 Å². The standard InChI is InChI=1S/C11H11NO5/c1-11(9(14)15)6-17-10(16)12(11)7-3-2-4-8(13)5-7/h2-5,13H,6H2,1H3,(H,14,15). The van der Waals surface area contributed by atoms with E-state index in [-0.39, 0.29) is 18.0 Å². The second kappa shape index (κ2) is 3.65. The third kappa shape index (κ3) is 1.67. The van der Waals surface area contributed by atoms with E-state index in [4.69, 9.17) is 9.84 Å². The van der Waals surface area contributed by atoms with Gasteiger partial charge in [-0.25, -0.2) is 9.59 Å². The maximum Gasteiger partial charge on any atom is 0.415 e. The van der Waals surface area contributed by atoms with Crippen LogP contribution in [0.25, 0.3) is 0 Å². The number of amides is 1. The molecule has 0 radical (unpaired) electrons. The molecule has 0 spiro atoms. The number of rotatable bonds is 2. The first-order valence-corrected chi connectivity index (χ1v) is 4.94. The van der Waals surface area contributed by atoms with Crippen LogP contribution in [0, 0.1) is 0 Å². The number of phenols is 1. The number of hydrogen-bond donors (Lipinski definition) is 2. The molecule has 2 rings (SSSR count). The fourth-order valence-corrected chi connectivity index (χ4v) is 1.71. The van der Waals surface area contributed by atoms with Gasteiger partial charge in [0.1, 0.15) is 12.4 Å². The molecule has 1 fully saturated rings. The van der Waals surface area contributed by atoms with Crippen molar-refractivity contribution in [1.82, 2.24) is 0 Å². The number of phenolic OH excluding ortho intramolecular Hbond substituents is 1. The number of aliphatic carboxylic acids is 1. The van der Waals surface area contributed by atoms with E-state index in [1.165, 1.54) is 31.2 Å². The number of benzene rings is 1. The van der Waals surface area contributed by atoms with Crippen LogP contribution in [-0.4, -0.2) is 34.4 Å². The van der Waals surface area contributed by atoms with Crippen LogP contribution in [0.1, 0.15) is 6.92 Å². The van der Waals surface area contributed by atoms with Crippen molar-refractivity contribution in [3.8, 4) is 5.75 Å². The molecule has 6 nitrogen and oxygen atoms in total. The van der Waals surface area contributed by atoms with Crippen LogP contribution in [0.15, 0.2) is 24.3 Å². The van der Waals surface area contributed by atoms with Crippen LogP contribution < -0.4 is 4.90 Å². The van der Waals surface area contributed by atoms with Gasteiger partial charge in [-0.05, 0) is 19.1 Å². The summed E-state index contributed by atoms with van der Waals surface area (Å²) in [6.07, 6.45) is -0.736. The minimum atomic E-state index is -1.45. The van der Waals surface area contributed by atoms with E-state index >= 15 is 0 Å². The molecular weight excluding hydrogens is 226 g/mol. The van der Waals surface area contributed by atoms with Gasteiger partial charge in [0.15, 0.2) is 5.54 Å². The maximum atomic E-state index is 11.6. The van der Waals surface area contributed by atoms with Crippen molar-refractivity contribution in [2.24, 2.45) is 0 Å². The highest BCUT2D eigenvalue weighted by molar-refractivity contribution is 6.00. The van der Waals surface area contributed by atoms with Gasteiger partial charge in [0.25, 0.3) is 0 Å². The Bertz CT molecular complexity index is 487. The number of carbonyl (C=O) groups is 2. The lowest BCUT2D eigenvalue weighted by molar-refractivity contribution is -0.142. The number of carboxylic acids is 1.